The van der Waals surface area contributed by atoms with Crippen molar-refractivity contribution in [2.45, 2.75) is 46.1 Å². The lowest BCUT2D eigenvalue weighted by atomic mass is 10.0. The van der Waals surface area contributed by atoms with Crippen LogP contribution in [0.1, 0.15) is 46.1 Å². The Labute approximate surface area is 144 Å². The van der Waals surface area contributed by atoms with Crippen molar-refractivity contribution in [2.24, 2.45) is 0 Å². The summed E-state index contributed by atoms with van der Waals surface area (Å²) >= 11 is 0. The Balaban J connectivity index is 2.62. The van der Waals surface area contributed by atoms with Crippen LogP contribution in [0.4, 0.5) is 4.79 Å². The topological polar surface area (TPSA) is 64.6 Å². The minimum Gasteiger partial charge on any atom is -0.466 e. The van der Waals surface area contributed by atoms with E-state index < -0.39 is 11.7 Å². The third-order valence-corrected chi connectivity index (χ3v) is 2.99. The first-order valence-electron chi connectivity index (χ1n) is 8.18. The summed E-state index contributed by atoms with van der Waals surface area (Å²) in [5, 5.41) is 2.70. The van der Waals surface area contributed by atoms with Crippen LogP contribution >= 0.6 is 0 Å². The fourth-order valence-corrected chi connectivity index (χ4v) is 2.05. The molecule has 0 radical (unpaired) electrons. The van der Waals surface area contributed by atoms with Gasteiger partial charge in [0.25, 0.3) is 0 Å². The van der Waals surface area contributed by atoms with Crippen molar-refractivity contribution in [1.82, 2.24) is 5.32 Å². The summed E-state index contributed by atoms with van der Waals surface area (Å²) in [7, 11) is 0. The number of amides is 1. The quantitative estimate of drug-likeness (QED) is 0.606. The predicted octanol–water partition coefficient (Wildman–Crippen LogP) is 3.94. The lowest BCUT2D eigenvalue weighted by Gasteiger charge is -2.19. The molecule has 1 aromatic carbocycles. The predicted molar refractivity (Wildman–Crippen MR) is 94.5 cm³/mol. The van der Waals surface area contributed by atoms with Gasteiger partial charge in [0.05, 0.1) is 13.0 Å². The lowest BCUT2D eigenvalue weighted by molar-refractivity contribution is -0.141. The second kappa shape index (κ2) is 9.75. The average molecular weight is 333 g/mol. The molecule has 0 bridgehead atoms. The van der Waals surface area contributed by atoms with Gasteiger partial charge in [-0.1, -0.05) is 36.4 Å². The van der Waals surface area contributed by atoms with E-state index in [1.807, 2.05) is 57.2 Å². The summed E-state index contributed by atoms with van der Waals surface area (Å²) in [6.07, 6.45) is 2.32. The molecule has 1 N–H and O–H groups in total. The molecule has 1 aromatic rings. The van der Waals surface area contributed by atoms with Crippen LogP contribution in [0.3, 0.4) is 0 Å². The molecule has 0 saturated carbocycles. The second-order valence-corrected chi connectivity index (χ2v) is 6.29. The minimum absolute atomic E-state index is 0.213. The summed E-state index contributed by atoms with van der Waals surface area (Å²) < 4.78 is 10.2. The van der Waals surface area contributed by atoms with Gasteiger partial charge in [-0.3, -0.25) is 4.79 Å². The normalized spacial score (nSPS) is 11.8. The Morgan fingerprint density at radius 3 is 2.42 bits per heavy atom. The highest BCUT2D eigenvalue weighted by Crippen LogP contribution is 2.19. The molecule has 0 aliphatic rings. The largest absolute Gasteiger partial charge is 0.466 e. The van der Waals surface area contributed by atoms with Gasteiger partial charge < -0.3 is 14.8 Å². The van der Waals surface area contributed by atoms with Crippen LogP contribution in [0, 0.1) is 0 Å². The highest BCUT2D eigenvalue weighted by atomic mass is 16.6. The third kappa shape index (κ3) is 8.36. The van der Waals surface area contributed by atoms with Gasteiger partial charge in [0, 0.05) is 6.54 Å². The maximum Gasteiger partial charge on any atom is 0.407 e. The molecular weight excluding hydrogens is 306 g/mol. The molecular formula is C19H27NO4. The monoisotopic (exact) mass is 333 g/mol. The van der Waals surface area contributed by atoms with Crippen LogP contribution in [0.25, 0.3) is 5.57 Å². The molecule has 5 heteroatoms. The average Bonchev–Trinajstić information content (AvgIpc) is 2.49. The Hall–Kier alpha value is -2.30. The van der Waals surface area contributed by atoms with E-state index in [9.17, 15) is 9.59 Å². The molecule has 0 atom stereocenters. The molecule has 0 fully saturated rings. The van der Waals surface area contributed by atoms with E-state index in [1.165, 1.54) is 0 Å². The zero-order chi connectivity index (χ0) is 18.0. The van der Waals surface area contributed by atoms with Crippen molar-refractivity contribution < 1.29 is 19.1 Å². The molecule has 0 aliphatic heterocycles. The Bertz CT molecular complexity index is 558. The number of carbonyl (C=O) groups is 2. The molecule has 0 aromatic heterocycles. The van der Waals surface area contributed by atoms with Gasteiger partial charge in [0.2, 0.25) is 0 Å². The van der Waals surface area contributed by atoms with Crippen molar-refractivity contribution in [2.75, 3.05) is 13.2 Å². The fraction of sp³-hybridized carbons (Fsp3) is 0.474. The number of hydrogen-bond acceptors (Lipinski definition) is 4. The number of hydrogen-bond donors (Lipinski definition) is 1. The van der Waals surface area contributed by atoms with E-state index >= 15 is 0 Å². The molecule has 0 unspecified atom stereocenters. The lowest BCUT2D eigenvalue weighted by Crippen LogP contribution is -2.32. The van der Waals surface area contributed by atoms with E-state index in [0.29, 0.717) is 19.6 Å². The summed E-state index contributed by atoms with van der Waals surface area (Å²) in [5.74, 6) is -0.257. The van der Waals surface area contributed by atoms with Gasteiger partial charge in [-0.05, 0) is 45.3 Å². The van der Waals surface area contributed by atoms with Crippen LogP contribution in [0.15, 0.2) is 36.4 Å². The van der Waals surface area contributed by atoms with E-state index in [2.05, 4.69) is 5.32 Å². The fourth-order valence-electron chi connectivity index (χ4n) is 2.05. The number of esters is 1. The molecule has 0 saturated heterocycles. The van der Waals surface area contributed by atoms with Gasteiger partial charge >= 0.3 is 12.1 Å². The van der Waals surface area contributed by atoms with Crippen LogP contribution in [0.2, 0.25) is 0 Å². The van der Waals surface area contributed by atoms with Gasteiger partial charge in [0.1, 0.15) is 5.60 Å². The zero-order valence-electron chi connectivity index (χ0n) is 14.9. The molecule has 132 valence electrons. The van der Waals surface area contributed by atoms with E-state index in [1.54, 1.807) is 6.92 Å². The van der Waals surface area contributed by atoms with E-state index in [0.717, 1.165) is 11.1 Å². The molecule has 0 aliphatic carbocycles. The molecule has 24 heavy (non-hydrogen) atoms. The standard InChI is InChI=1S/C19H27NO4/c1-5-23-17(21)14-16(15-10-7-6-8-11-15)12-9-13-20-18(22)24-19(2,3)4/h6-8,10-12H,5,9,13-14H2,1-4H3,(H,20,22). The Kier molecular flexibility index (Phi) is 8.02. The smallest absolute Gasteiger partial charge is 0.407 e. The number of benzene rings is 1. The Morgan fingerprint density at radius 1 is 1.17 bits per heavy atom. The van der Waals surface area contributed by atoms with Crippen molar-refractivity contribution >= 4 is 17.6 Å². The van der Waals surface area contributed by atoms with Gasteiger partial charge in [-0.15, -0.1) is 0 Å². The number of ether oxygens (including phenoxy) is 2. The number of alkyl carbamates (subject to hydrolysis) is 1. The van der Waals surface area contributed by atoms with Gasteiger partial charge in [-0.2, -0.15) is 0 Å². The number of nitrogens with one attached hydrogen (secondary N) is 1. The highest BCUT2D eigenvalue weighted by Gasteiger charge is 2.15. The zero-order valence-corrected chi connectivity index (χ0v) is 14.9. The molecule has 5 nitrogen and oxygen atoms in total. The van der Waals surface area contributed by atoms with Crippen LogP contribution < -0.4 is 5.32 Å². The first-order valence-corrected chi connectivity index (χ1v) is 8.18. The third-order valence-electron chi connectivity index (χ3n) is 2.99. The summed E-state index contributed by atoms with van der Waals surface area (Å²) in [4.78, 5) is 23.4. The maximum atomic E-state index is 11.8. The summed E-state index contributed by atoms with van der Waals surface area (Å²) in [5.41, 5.74) is 1.35. The molecule has 1 amide bonds. The summed E-state index contributed by atoms with van der Waals surface area (Å²) in [6.45, 7) is 8.04. The van der Waals surface area contributed by atoms with E-state index in [4.69, 9.17) is 9.47 Å². The Morgan fingerprint density at radius 2 is 1.83 bits per heavy atom. The number of rotatable bonds is 7. The maximum absolute atomic E-state index is 11.8. The van der Waals surface area contributed by atoms with Gasteiger partial charge in [0.15, 0.2) is 0 Å². The van der Waals surface area contributed by atoms with Crippen LogP contribution in [-0.4, -0.2) is 30.8 Å². The van der Waals surface area contributed by atoms with Crippen molar-refractivity contribution in [3.8, 4) is 0 Å². The van der Waals surface area contributed by atoms with Crippen molar-refractivity contribution in [1.29, 1.82) is 0 Å². The minimum atomic E-state index is -0.515. The van der Waals surface area contributed by atoms with Crippen LogP contribution in [-0.2, 0) is 14.3 Å². The van der Waals surface area contributed by atoms with Crippen molar-refractivity contribution in [3.63, 3.8) is 0 Å². The summed E-state index contributed by atoms with van der Waals surface area (Å²) in [6, 6.07) is 9.68. The molecule has 0 spiro atoms. The van der Waals surface area contributed by atoms with Crippen molar-refractivity contribution in [3.05, 3.63) is 42.0 Å². The molecule has 1 rings (SSSR count). The highest BCUT2D eigenvalue weighted by molar-refractivity contribution is 5.85. The van der Waals surface area contributed by atoms with E-state index in [-0.39, 0.29) is 12.4 Å². The van der Waals surface area contributed by atoms with Crippen LogP contribution in [0.5, 0.6) is 0 Å². The first-order chi connectivity index (χ1) is 11.3. The second-order valence-electron chi connectivity index (χ2n) is 6.29. The number of carbonyl (C=O) groups excluding carboxylic acids is 2. The van der Waals surface area contributed by atoms with Gasteiger partial charge in [-0.25, -0.2) is 4.79 Å². The SMILES string of the molecule is CCOC(=O)CC(=CCCNC(=O)OC(C)(C)C)c1ccccc1. The first kappa shape index (κ1) is 19.7. The molecule has 0 heterocycles.